The summed E-state index contributed by atoms with van der Waals surface area (Å²) in [6, 6.07) is -0.900. The molecular formula is C22H30FN3O8. The van der Waals surface area contributed by atoms with Crippen LogP contribution in [-0.4, -0.2) is 58.2 Å². The second-order valence-electron chi connectivity index (χ2n) is 9.07. The van der Waals surface area contributed by atoms with Crippen molar-refractivity contribution >= 4 is 11.9 Å². The van der Waals surface area contributed by atoms with Crippen molar-refractivity contribution in [2.75, 3.05) is 6.61 Å². The Balaban J connectivity index is 1.77. The van der Waals surface area contributed by atoms with Gasteiger partial charge in [0, 0.05) is 5.57 Å². The fourth-order valence-electron chi connectivity index (χ4n) is 3.80. The van der Waals surface area contributed by atoms with Crippen molar-refractivity contribution in [2.24, 2.45) is 5.92 Å². The normalized spacial score (nSPS) is 26.9. The summed E-state index contributed by atoms with van der Waals surface area (Å²) >= 11 is 0. The number of hydrogen-bond acceptors (Lipinski definition) is 8. The number of esters is 1. The molecule has 2 saturated heterocycles. The molecule has 2 aliphatic rings. The van der Waals surface area contributed by atoms with Gasteiger partial charge in [0.25, 0.3) is 5.56 Å². The van der Waals surface area contributed by atoms with Gasteiger partial charge in [0.05, 0.1) is 6.20 Å². The van der Waals surface area contributed by atoms with E-state index < -0.39 is 59.4 Å². The molecule has 34 heavy (non-hydrogen) atoms. The first-order chi connectivity index (χ1) is 15.8. The van der Waals surface area contributed by atoms with Crippen molar-refractivity contribution in [3.05, 3.63) is 44.5 Å². The summed E-state index contributed by atoms with van der Waals surface area (Å²) in [5, 5.41) is 2.66. The van der Waals surface area contributed by atoms with Crippen LogP contribution in [0.1, 0.15) is 47.8 Å². The molecule has 3 rings (SSSR count). The summed E-state index contributed by atoms with van der Waals surface area (Å²) in [5.41, 5.74) is -1.58. The summed E-state index contributed by atoms with van der Waals surface area (Å²) in [4.78, 5) is 50.6. The summed E-state index contributed by atoms with van der Waals surface area (Å²) in [6.45, 7) is 9.94. The van der Waals surface area contributed by atoms with Gasteiger partial charge in [-0.2, -0.15) is 4.39 Å². The summed E-state index contributed by atoms with van der Waals surface area (Å²) < 4.78 is 37.8. The van der Waals surface area contributed by atoms with Crippen molar-refractivity contribution in [2.45, 2.75) is 77.9 Å². The quantitative estimate of drug-likeness (QED) is 0.428. The lowest BCUT2D eigenvalue weighted by Gasteiger charge is -2.25. The molecule has 0 aliphatic carbocycles. The first kappa shape index (κ1) is 25.8. The van der Waals surface area contributed by atoms with Gasteiger partial charge in [-0.05, 0) is 33.6 Å². The molecule has 188 valence electrons. The highest BCUT2D eigenvalue weighted by atomic mass is 19.1. The van der Waals surface area contributed by atoms with Crippen LogP contribution in [0.4, 0.5) is 4.39 Å². The number of carbonyl (C=O) groups excluding carboxylic acids is 2. The van der Waals surface area contributed by atoms with E-state index in [1.807, 2.05) is 4.98 Å². The van der Waals surface area contributed by atoms with E-state index in [2.05, 4.69) is 5.32 Å². The minimum absolute atomic E-state index is 0.251. The zero-order valence-electron chi connectivity index (χ0n) is 19.9. The molecular weight excluding hydrogens is 453 g/mol. The maximum absolute atomic E-state index is 13.9. The van der Waals surface area contributed by atoms with Crippen molar-refractivity contribution in [3.8, 4) is 0 Å². The van der Waals surface area contributed by atoms with Crippen LogP contribution < -0.4 is 16.6 Å². The Labute approximate surface area is 195 Å². The van der Waals surface area contributed by atoms with E-state index in [4.69, 9.17) is 18.9 Å². The lowest BCUT2D eigenvalue weighted by molar-refractivity contribution is -0.203. The Hall–Kier alpha value is -2.83. The van der Waals surface area contributed by atoms with Gasteiger partial charge in [-0.3, -0.25) is 19.1 Å². The molecule has 2 N–H and O–H groups in total. The largest absolute Gasteiger partial charge is 0.461 e. The van der Waals surface area contributed by atoms with Crippen molar-refractivity contribution in [3.63, 3.8) is 0 Å². The van der Waals surface area contributed by atoms with Crippen LogP contribution in [-0.2, 0) is 28.5 Å². The van der Waals surface area contributed by atoms with Gasteiger partial charge in [-0.25, -0.2) is 9.59 Å². The monoisotopic (exact) mass is 483 g/mol. The van der Waals surface area contributed by atoms with Gasteiger partial charge < -0.3 is 24.3 Å². The number of carbonyl (C=O) groups is 2. The van der Waals surface area contributed by atoms with Gasteiger partial charge in [0.15, 0.2) is 12.0 Å². The van der Waals surface area contributed by atoms with Crippen molar-refractivity contribution < 1.29 is 32.9 Å². The highest BCUT2D eigenvalue weighted by molar-refractivity contribution is 5.95. The van der Waals surface area contributed by atoms with Gasteiger partial charge in [-0.1, -0.05) is 19.9 Å². The molecule has 2 aliphatic heterocycles. The Bertz CT molecular complexity index is 1090. The molecule has 0 aromatic carbocycles. The average molecular weight is 483 g/mol. The Morgan fingerprint density at radius 3 is 2.56 bits per heavy atom. The fourth-order valence-corrected chi connectivity index (χ4v) is 3.80. The van der Waals surface area contributed by atoms with Crippen LogP contribution in [0.15, 0.2) is 27.4 Å². The van der Waals surface area contributed by atoms with E-state index in [1.165, 1.54) is 0 Å². The molecule has 1 aromatic heterocycles. The van der Waals surface area contributed by atoms with E-state index in [9.17, 15) is 23.6 Å². The molecule has 0 unspecified atom stereocenters. The third-order valence-electron chi connectivity index (χ3n) is 5.71. The summed E-state index contributed by atoms with van der Waals surface area (Å²) in [7, 11) is 0. The molecule has 1 aromatic rings. The van der Waals surface area contributed by atoms with Crippen molar-refractivity contribution in [1.82, 2.24) is 14.9 Å². The second kappa shape index (κ2) is 9.80. The number of allylic oxidation sites excluding steroid dienone is 1. The van der Waals surface area contributed by atoms with Crippen LogP contribution in [0.5, 0.6) is 0 Å². The lowest BCUT2D eigenvalue weighted by Crippen LogP contribution is -2.46. The SMILES string of the molecule is C/C=C(\C)C(=O)N[C@H](C(=O)OC[C@H]1O[C@@H](n2cc(F)c(=O)[nH]c2=O)[C@@H]2OC(C)(C)O[C@@H]21)C(C)C. The van der Waals surface area contributed by atoms with Gasteiger partial charge >= 0.3 is 11.7 Å². The van der Waals surface area contributed by atoms with Crippen LogP contribution in [0, 0.1) is 11.7 Å². The fraction of sp³-hybridized carbons (Fsp3) is 0.636. The van der Waals surface area contributed by atoms with Gasteiger partial charge in [-0.15, -0.1) is 0 Å². The number of ether oxygens (including phenoxy) is 4. The smallest absolute Gasteiger partial charge is 0.330 e. The molecule has 5 atom stereocenters. The van der Waals surface area contributed by atoms with Crippen LogP contribution in [0.25, 0.3) is 0 Å². The molecule has 1 amide bonds. The Morgan fingerprint density at radius 2 is 1.94 bits per heavy atom. The molecule has 2 fully saturated rings. The highest BCUT2D eigenvalue weighted by Gasteiger charge is 2.56. The number of amides is 1. The average Bonchev–Trinajstić information content (AvgIpc) is 3.24. The molecule has 0 bridgehead atoms. The predicted octanol–water partition coefficient (Wildman–Crippen LogP) is 0.743. The number of aromatic amines is 1. The second-order valence-corrected chi connectivity index (χ2v) is 9.07. The van der Waals surface area contributed by atoms with E-state index in [0.29, 0.717) is 5.57 Å². The molecule has 11 nitrogen and oxygen atoms in total. The maximum atomic E-state index is 13.9. The molecule has 0 saturated carbocycles. The number of fused-ring (bicyclic) bond motifs is 1. The summed E-state index contributed by atoms with van der Waals surface area (Å²) in [5.74, 6) is -3.51. The van der Waals surface area contributed by atoms with Crippen molar-refractivity contribution in [1.29, 1.82) is 0 Å². The number of hydrogen-bond donors (Lipinski definition) is 2. The van der Waals surface area contributed by atoms with Gasteiger partial charge in [0.1, 0.15) is 31.0 Å². The maximum Gasteiger partial charge on any atom is 0.330 e. The zero-order valence-corrected chi connectivity index (χ0v) is 19.9. The number of rotatable bonds is 7. The van der Waals surface area contributed by atoms with E-state index >= 15 is 0 Å². The number of nitrogens with zero attached hydrogens (tertiary/aromatic N) is 1. The third-order valence-corrected chi connectivity index (χ3v) is 5.71. The lowest BCUT2D eigenvalue weighted by atomic mass is 10.0. The Kier molecular flexibility index (Phi) is 7.44. The summed E-state index contributed by atoms with van der Waals surface area (Å²) in [6.07, 6.45) is -1.20. The van der Waals surface area contributed by atoms with Crippen LogP contribution in [0.2, 0.25) is 0 Å². The van der Waals surface area contributed by atoms with E-state index in [1.54, 1.807) is 47.6 Å². The molecule has 0 spiro atoms. The van der Waals surface area contributed by atoms with E-state index in [0.717, 1.165) is 10.8 Å². The first-order valence-electron chi connectivity index (χ1n) is 11.0. The molecule has 0 radical (unpaired) electrons. The molecule has 12 heteroatoms. The minimum Gasteiger partial charge on any atom is -0.461 e. The van der Waals surface area contributed by atoms with Gasteiger partial charge in [0.2, 0.25) is 11.7 Å². The van der Waals surface area contributed by atoms with E-state index in [-0.39, 0.29) is 18.4 Å². The highest BCUT2D eigenvalue weighted by Crippen LogP contribution is 2.42. The van der Waals surface area contributed by atoms with Crippen LogP contribution in [0.3, 0.4) is 0 Å². The topological polar surface area (TPSA) is 138 Å². The standard InChI is InChI=1S/C22H30FN3O8/c1-7-11(4)17(27)24-14(10(2)3)20(29)31-9-13-15-16(34-22(5,6)33-15)19(32-13)26-8-12(23)18(28)25-21(26)30/h7-8,10,13-16,19H,9H2,1-6H3,(H,24,27)(H,25,28,30)/b11-7+/t13-,14+,15-,16-,19-/m1/s1. The number of H-pyrrole nitrogens is 1. The first-order valence-corrected chi connectivity index (χ1v) is 11.0. The van der Waals surface area contributed by atoms with Crippen LogP contribution >= 0.6 is 0 Å². The number of nitrogens with one attached hydrogen (secondary N) is 2. The number of halogens is 1. The Morgan fingerprint density at radius 1 is 1.29 bits per heavy atom. The molecule has 3 heterocycles. The third kappa shape index (κ3) is 5.29. The zero-order chi connectivity index (χ0) is 25.4. The predicted molar refractivity (Wildman–Crippen MR) is 116 cm³/mol. The number of aromatic nitrogens is 2. The minimum atomic E-state index is -1.17.